The van der Waals surface area contributed by atoms with Crippen molar-refractivity contribution in [1.29, 1.82) is 0 Å². The standard InChI is InChI=1S/C14H13ClFNO3/c15-10-5-7(16)6-11-12(10)20-13(17-11)8-3-1-2-4-9(8)14(18)19/h5-6,8-9H,1-4H2,(H,18,19). The fourth-order valence-electron chi connectivity index (χ4n) is 2.86. The second-order valence-electron chi connectivity index (χ2n) is 5.12. The van der Waals surface area contributed by atoms with Crippen LogP contribution in [0.15, 0.2) is 16.5 Å². The number of carboxylic acids is 1. The molecule has 1 aliphatic carbocycles. The lowest BCUT2D eigenvalue weighted by Crippen LogP contribution is -2.25. The van der Waals surface area contributed by atoms with Gasteiger partial charge in [0.25, 0.3) is 0 Å². The van der Waals surface area contributed by atoms with E-state index in [0.717, 1.165) is 18.9 Å². The van der Waals surface area contributed by atoms with Crippen molar-refractivity contribution in [2.75, 3.05) is 0 Å². The number of hydrogen-bond donors (Lipinski definition) is 1. The van der Waals surface area contributed by atoms with Crippen LogP contribution in [0.25, 0.3) is 11.1 Å². The number of carboxylic acid groups (broad SMARTS) is 1. The Bertz CT molecular complexity index is 670. The van der Waals surface area contributed by atoms with Crippen LogP contribution in [-0.4, -0.2) is 16.1 Å². The summed E-state index contributed by atoms with van der Waals surface area (Å²) in [6.45, 7) is 0. The van der Waals surface area contributed by atoms with Crippen molar-refractivity contribution in [3.8, 4) is 0 Å². The molecule has 1 saturated carbocycles. The zero-order chi connectivity index (χ0) is 14.3. The lowest BCUT2D eigenvalue weighted by Gasteiger charge is -2.25. The van der Waals surface area contributed by atoms with Crippen molar-refractivity contribution in [3.05, 3.63) is 28.9 Å². The van der Waals surface area contributed by atoms with Crippen LogP contribution in [-0.2, 0) is 4.79 Å². The highest BCUT2D eigenvalue weighted by atomic mass is 35.5. The fraction of sp³-hybridized carbons (Fsp3) is 0.429. The lowest BCUT2D eigenvalue weighted by atomic mass is 9.79. The van der Waals surface area contributed by atoms with Gasteiger partial charge in [-0.05, 0) is 18.9 Å². The van der Waals surface area contributed by atoms with E-state index in [9.17, 15) is 14.3 Å². The minimum Gasteiger partial charge on any atom is -0.481 e. The first-order chi connectivity index (χ1) is 9.56. The molecule has 1 fully saturated rings. The molecule has 6 heteroatoms. The minimum absolute atomic E-state index is 0.154. The second kappa shape index (κ2) is 5.05. The Kier molecular flexibility index (Phi) is 3.38. The molecule has 106 valence electrons. The summed E-state index contributed by atoms with van der Waals surface area (Å²) in [4.78, 5) is 15.6. The molecule has 2 aromatic rings. The highest BCUT2D eigenvalue weighted by molar-refractivity contribution is 6.34. The number of fused-ring (bicyclic) bond motifs is 1. The number of aromatic nitrogens is 1. The quantitative estimate of drug-likeness (QED) is 0.910. The molecule has 1 N–H and O–H groups in total. The summed E-state index contributed by atoms with van der Waals surface area (Å²) < 4.78 is 18.9. The van der Waals surface area contributed by atoms with Gasteiger partial charge in [0.2, 0.25) is 0 Å². The minimum atomic E-state index is -0.839. The summed E-state index contributed by atoms with van der Waals surface area (Å²) >= 11 is 5.92. The first-order valence-electron chi connectivity index (χ1n) is 6.54. The van der Waals surface area contributed by atoms with Gasteiger partial charge in [-0.1, -0.05) is 24.4 Å². The van der Waals surface area contributed by atoms with E-state index < -0.39 is 17.7 Å². The average molecular weight is 298 g/mol. The topological polar surface area (TPSA) is 63.3 Å². The number of halogens is 2. The van der Waals surface area contributed by atoms with Crippen LogP contribution in [0.1, 0.15) is 37.5 Å². The van der Waals surface area contributed by atoms with E-state index in [2.05, 4.69) is 4.98 Å². The van der Waals surface area contributed by atoms with Crippen LogP contribution in [0.4, 0.5) is 4.39 Å². The maximum absolute atomic E-state index is 13.3. The summed E-state index contributed by atoms with van der Waals surface area (Å²) in [6, 6.07) is 2.40. The van der Waals surface area contributed by atoms with Crippen LogP contribution in [0, 0.1) is 11.7 Å². The second-order valence-corrected chi connectivity index (χ2v) is 5.53. The van der Waals surface area contributed by atoms with E-state index >= 15 is 0 Å². The van der Waals surface area contributed by atoms with Crippen LogP contribution in [0.2, 0.25) is 5.02 Å². The fourth-order valence-corrected chi connectivity index (χ4v) is 3.10. The molecule has 0 spiro atoms. The SMILES string of the molecule is O=C(O)C1CCCCC1c1nc2cc(F)cc(Cl)c2o1. The molecule has 1 aromatic carbocycles. The van der Waals surface area contributed by atoms with Crippen molar-refractivity contribution in [2.24, 2.45) is 5.92 Å². The Hall–Kier alpha value is -1.62. The third kappa shape index (κ3) is 2.26. The van der Waals surface area contributed by atoms with Crippen molar-refractivity contribution < 1.29 is 18.7 Å². The first kappa shape index (κ1) is 13.4. The van der Waals surface area contributed by atoms with Crippen LogP contribution < -0.4 is 0 Å². The normalized spacial score (nSPS) is 23.1. The molecule has 0 bridgehead atoms. The van der Waals surface area contributed by atoms with Gasteiger partial charge < -0.3 is 9.52 Å². The summed E-state index contributed by atoms with van der Waals surface area (Å²) in [5.41, 5.74) is 0.650. The predicted molar refractivity (Wildman–Crippen MR) is 71.3 cm³/mol. The van der Waals surface area contributed by atoms with Gasteiger partial charge in [0.05, 0.1) is 10.9 Å². The van der Waals surface area contributed by atoms with E-state index in [-0.39, 0.29) is 10.9 Å². The molecule has 0 saturated heterocycles. The molecule has 0 aliphatic heterocycles. The lowest BCUT2D eigenvalue weighted by molar-refractivity contribution is -0.143. The first-order valence-corrected chi connectivity index (χ1v) is 6.92. The Labute approximate surface area is 119 Å². The van der Waals surface area contributed by atoms with Crippen molar-refractivity contribution in [3.63, 3.8) is 0 Å². The van der Waals surface area contributed by atoms with E-state index in [4.69, 9.17) is 16.0 Å². The summed E-state index contributed by atoms with van der Waals surface area (Å²) in [5, 5.41) is 9.44. The van der Waals surface area contributed by atoms with Crippen LogP contribution in [0.3, 0.4) is 0 Å². The maximum Gasteiger partial charge on any atom is 0.307 e. The number of carbonyl (C=O) groups is 1. The molecule has 4 nitrogen and oxygen atoms in total. The third-order valence-electron chi connectivity index (χ3n) is 3.83. The van der Waals surface area contributed by atoms with Gasteiger partial charge in [0.15, 0.2) is 11.5 Å². The molecule has 2 unspecified atom stereocenters. The number of benzene rings is 1. The monoisotopic (exact) mass is 297 g/mol. The largest absolute Gasteiger partial charge is 0.481 e. The van der Waals surface area contributed by atoms with Crippen molar-refractivity contribution >= 4 is 28.7 Å². The summed E-state index contributed by atoms with van der Waals surface area (Å²) in [6.07, 6.45) is 3.16. The van der Waals surface area contributed by atoms with Gasteiger partial charge in [-0.25, -0.2) is 9.37 Å². The van der Waals surface area contributed by atoms with Gasteiger partial charge >= 0.3 is 5.97 Å². The van der Waals surface area contributed by atoms with Gasteiger partial charge in [-0.3, -0.25) is 4.79 Å². The van der Waals surface area contributed by atoms with Gasteiger partial charge in [-0.2, -0.15) is 0 Å². The number of nitrogens with zero attached hydrogens (tertiary/aromatic N) is 1. The number of oxazole rings is 1. The van der Waals surface area contributed by atoms with Crippen molar-refractivity contribution in [2.45, 2.75) is 31.6 Å². The van der Waals surface area contributed by atoms with E-state index in [1.54, 1.807) is 0 Å². The van der Waals surface area contributed by atoms with E-state index in [1.807, 2.05) is 0 Å². The van der Waals surface area contributed by atoms with Gasteiger partial charge in [-0.15, -0.1) is 0 Å². The molecular weight excluding hydrogens is 285 g/mol. The molecule has 1 aliphatic rings. The molecule has 1 aromatic heterocycles. The average Bonchev–Trinajstić information content (AvgIpc) is 2.82. The van der Waals surface area contributed by atoms with Crippen LogP contribution in [0.5, 0.6) is 0 Å². The predicted octanol–water partition coefficient (Wildman–Crippen LogP) is 3.98. The summed E-state index contributed by atoms with van der Waals surface area (Å²) in [7, 11) is 0. The summed E-state index contributed by atoms with van der Waals surface area (Å²) in [5.74, 6) is -1.75. The maximum atomic E-state index is 13.3. The molecule has 0 amide bonds. The highest BCUT2D eigenvalue weighted by Crippen LogP contribution is 2.39. The van der Waals surface area contributed by atoms with Gasteiger partial charge in [0.1, 0.15) is 11.3 Å². The van der Waals surface area contributed by atoms with E-state index in [0.29, 0.717) is 29.8 Å². The van der Waals surface area contributed by atoms with E-state index in [1.165, 1.54) is 6.07 Å². The molecule has 2 atom stereocenters. The Morgan fingerprint density at radius 3 is 2.90 bits per heavy atom. The molecule has 20 heavy (non-hydrogen) atoms. The molecule has 0 radical (unpaired) electrons. The van der Waals surface area contributed by atoms with Gasteiger partial charge in [0, 0.05) is 12.0 Å². The van der Waals surface area contributed by atoms with Crippen LogP contribution >= 0.6 is 11.6 Å². The molecule has 3 rings (SSSR count). The molecule has 1 heterocycles. The molecular formula is C14H13ClFNO3. The zero-order valence-corrected chi connectivity index (χ0v) is 11.4. The van der Waals surface area contributed by atoms with Crippen molar-refractivity contribution in [1.82, 2.24) is 4.98 Å². The Morgan fingerprint density at radius 2 is 2.15 bits per heavy atom. The Morgan fingerprint density at radius 1 is 1.40 bits per heavy atom. The number of hydrogen-bond acceptors (Lipinski definition) is 3. The zero-order valence-electron chi connectivity index (χ0n) is 10.6. The Balaban J connectivity index is 2.04. The smallest absolute Gasteiger partial charge is 0.307 e. The highest BCUT2D eigenvalue weighted by Gasteiger charge is 2.35. The number of aliphatic carboxylic acids is 1. The number of rotatable bonds is 2. The third-order valence-corrected chi connectivity index (χ3v) is 4.11.